The van der Waals surface area contributed by atoms with Crippen molar-refractivity contribution in [2.45, 2.75) is 10.6 Å². The fraction of sp³-hybridized carbons (Fsp3) is 0.375. The first-order chi connectivity index (χ1) is 8.38. The van der Waals surface area contributed by atoms with Gasteiger partial charge in [0.1, 0.15) is 0 Å². The van der Waals surface area contributed by atoms with E-state index in [4.69, 9.17) is 5.73 Å². The molecule has 0 bridgehead atoms. The van der Waals surface area contributed by atoms with Gasteiger partial charge < -0.3 is 10.5 Å². The van der Waals surface area contributed by atoms with Gasteiger partial charge in [-0.2, -0.15) is 0 Å². The summed E-state index contributed by atoms with van der Waals surface area (Å²) < 4.78 is 29.9. The molecule has 1 amide bonds. The third-order valence-corrected chi connectivity index (χ3v) is 4.65. The fourth-order valence-electron chi connectivity index (χ4n) is 1.03. The second kappa shape index (κ2) is 5.89. The van der Waals surface area contributed by atoms with Crippen LogP contribution in [0.4, 0.5) is 0 Å². The van der Waals surface area contributed by atoms with E-state index in [-0.39, 0.29) is 22.9 Å². The monoisotopic (exact) mass is 293 g/mol. The van der Waals surface area contributed by atoms with E-state index in [1.807, 2.05) is 0 Å². The number of ether oxygens (including phenoxy) is 1. The van der Waals surface area contributed by atoms with E-state index in [1.54, 1.807) is 0 Å². The maximum absolute atomic E-state index is 11.8. The molecule has 0 radical (unpaired) electrons. The Morgan fingerprint density at radius 2 is 2.22 bits per heavy atom. The first-order valence-electron chi connectivity index (χ1n) is 4.68. The van der Waals surface area contributed by atoms with Gasteiger partial charge in [-0.3, -0.25) is 4.79 Å². The largest absolute Gasteiger partial charge is 0.464 e. The summed E-state index contributed by atoms with van der Waals surface area (Å²) in [6, 6.07) is 0. The van der Waals surface area contributed by atoms with Crippen LogP contribution in [0.2, 0.25) is 0 Å². The summed E-state index contributed by atoms with van der Waals surface area (Å²) >= 11 is 0.780. The van der Waals surface area contributed by atoms with Crippen molar-refractivity contribution in [3.63, 3.8) is 0 Å². The molecule has 0 aliphatic heterocycles. The number of methoxy groups -OCH3 is 1. The summed E-state index contributed by atoms with van der Waals surface area (Å²) in [7, 11) is -2.78. The molecule has 18 heavy (non-hydrogen) atoms. The van der Waals surface area contributed by atoms with E-state index in [9.17, 15) is 18.0 Å². The number of carbonyl (C=O) groups is 2. The van der Waals surface area contributed by atoms with Crippen molar-refractivity contribution >= 4 is 33.2 Å². The molecule has 10 heteroatoms. The number of aromatic nitrogens is 1. The van der Waals surface area contributed by atoms with Crippen molar-refractivity contribution in [2.75, 3.05) is 13.7 Å². The van der Waals surface area contributed by atoms with Crippen molar-refractivity contribution in [1.29, 1.82) is 0 Å². The van der Waals surface area contributed by atoms with Gasteiger partial charge in [0.25, 0.3) is 10.0 Å². The van der Waals surface area contributed by atoms with E-state index < -0.39 is 21.9 Å². The van der Waals surface area contributed by atoms with Gasteiger partial charge in [-0.05, 0) is 0 Å². The molecular formula is C8H11N3O5S2. The highest BCUT2D eigenvalue weighted by atomic mass is 32.2. The van der Waals surface area contributed by atoms with Gasteiger partial charge in [0.2, 0.25) is 5.91 Å². The lowest BCUT2D eigenvalue weighted by Crippen LogP contribution is -2.28. The average molecular weight is 293 g/mol. The Hall–Kier alpha value is -1.52. The SMILES string of the molecule is COC(=O)c1ncsc1S(=O)(=O)NCCC(N)=O. The van der Waals surface area contributed by atoms with Crippen LogP contribution in [-0.4, -0.2) is 38.9 Å². The summed E-state index contributed by atoms with van der Waals surface area (Å²) in [6.45, 7) is -0.143. The molecule has 1 aromatic rings. The molecular weight excluding hydrogens is 282 g/mol. The summed E-state index contributed by atoms with van der Waals surface area (Å²) in [5.41, 5.74) is 5.82. The number of carbonyl (C=O) groups excluding carboxylic acids is 2. The number of nitrogens with zero attached hydrogens (tertiary/aromatic N) is 1. The van der Waals surface area contributed by atoms with Crippen molar-refractivity contribution in [2.24, 2.45) is 5.73 Å². The Labute approximate surface area is 107 Å². The van der Waals surface area contributed by atoms with Gasteiger partial charge in [0.15, 0.2) is 9.90 Å². The third kappa shape index (κ3) is 3.48. The van der Waals surface area contributed by atoms with E-state index in [2.05, 4.69) is 14.4 Å². The van der Waals surface area contributed by atoms with Crippen molar-refractivity contribution in [3.8, 4) is 0 Å². The number of amides is 1. The topological polar surface area (TPSA) is 128 Å². The molecule has 0 aromatic carbocycles. The number of hydrogen-bond donors (Lipinski definition) is 2. The molecule has 8 nitrogen and oxygen atoms in total. The molecule has 0 unspecified atom stereocenters. The molecule has 1 heterocycles. The predicted octanol–water partition coefficient (Wildman–Crippen LogP) is -0.917. The minimum atomic E-state index is -3.90. The molecule has 0 saturated heterocycles. The molecule has 0 atom stereocenters. The Balaban J connectivity index is 2.89. The van der Waals surface area contributed by atoms with Gasteiger partial charge in [-0.15, -0.1) is 11.3 Å². The average Bonchev–Trinajstić information content (AvgIpc) is 2.76. The van der Waals surface area contributed by atoms with Gasteiger partial charge in [-0.1, -0.05) is 0 Å². The Bertz CT molecular complexity index is 551. The van der Waals surface area contributed by atoms with Gasteiger partial charge in [-0.25, -0.2) is 22.9 Å². The van der Waals surface area contributed by atoms with Gasteiger partial charge in [0, 0.05) is 13.0 Å². The lowest BCUT2D eigenvalue weighted by molar-refractivity contribution is -0.117. The van der Waals surface area contributed by atoms with Crippen LogP contribution >= 0.6 is 11.3 Å². The number of primary amides is 1. The Kier molecular flexibility index (Phi) is 4.76. The highest BCUT2D eigenvalue weighted by Gasteiger charge is 2.26. The van der Waals surface area contributed by atoms with E-state index >= 15 is 0 Å². The standard InChI is InChI=1S/C8H11N3O5S2/c1-16-7(13)6-8(17-4-10-6)18(14,15)11-3-2-5(9)12/h4,11H,2-3H2,1H3,(H2,9,12). The van der Waals surface area contributed by atoms with Crippen LogP contribution in [0.5, 0.6) is 0 Å². The lowest BCUT2D eigenvalue weighted by atomic mass is 10.4. The van der Waals surface area contributed by atoms with E-state index in [1.165, 1.54) is 5.51 Å². The molecule has 0 saturated carbocycles. The maximum Gasteiger partial charge on any atom is 0.358 e. The van der Waals surface area contributed by atoms with E-state index in [0.29, 0.717) is 0 Å². The molecule has 3 N–H and O–H groups in total. The molecule has 0 aliphatic carbocycles. The number of thiazole rings is 1. The van der Waals surface area contributed by atoms with Crippen LogP contribution in [-0.2, 0) is 19.6 Å². The first-order valence-corrected chi connectivity index (χ1v) is 7.04. The maximum atomic E-state index is 11.8. The minimum Gasteiger partial charge on any atom is -0.464 e. The molecule has 0 spiro atoms. The number of rotatable bonds is 6. The lowest BCUT2D eigenvalue weighted by Gasteiger charge is -2.04. The van der Waals surface area contributed by atoms with Crippen LogP contribution < -0.4 is 10.5 Å². The second-order valence-corrected chi connectivity index (χ2v) is 5.91. The molecule has 1 rings (SSSR count). The molecule has 0 aliphatic rings. The highest BCUT2D eigenvalue weighted by molar-refractivity contribution is 7.91. The van der Waals surface area contributed by atoms with Crippen LogP contribution in [0, 0.1) is 0 Å². The van der Waals surface area contributed by atoms with Crippen LogP contribution in [0.1, 0.15) is 16.9 Å². The summed E-state index contributed by atoms with van der Waals surface area (Å²) in [5.74, 6) is -1.47. The molecule has 0 fully saturated rings. The fourth-order valence-corrected chi connectivity index (χ4v) is 3.24. The highest BCUT2D eigenvalue weighted by Crippen LogP contribution is 2.20. The number of nitrogens with one attached hydrogen (secondary N) is 1. The smallest absolute Gasteiger partial charge is 0.358 e. The van der Waals surface area contributed by atoms with Crippen LogP contribution in [0.3, 0.4) is 0 Å². The normalized spacial score (nSPS) is 11.2. The number of nitrogens with two attached hydrogens (primary N) is 1. The number of sulfonamides is 1. The zero-order valence-corrected chi connectivity index (χ0v) is 11.0. The first kappa shape index (κ1) is 14.5. The Morgan fingerprint density at radius 3 is 2.78 bits per heavy atom. The Morgan fingerprint density at radius 1 is 1.56 bits per heavy atom. The zero-order chi connectivity index (χ0) is 13.8. The van der Waals surface area contributed by atoms with E-state index in [0.717, 1.165) is 18.4 Å². The van der Waals surface area contributed by atoms with Gasteiger partial charge >= 0.3 is 5.97 Å². The minimum absolute atomic E-state index is 0.133. The molecule has 100 valence electrons. The van der Waals surface area contributed by atoms with Gasteiger partial charge in [0.05, 0.1) is 12.6 Å². The van der Waals surface area contributed by atoms with Crippen LogP contribution in [0.15, 0.2) is 9.72 Å². The third-order valence-electron chi connectivity index (χ3n) is 1.82. The zero-order valence-electron chi connectivity index (χ0n) is 9.37. The summed E-state index contributed by atoms with van der Waals surface area (Å²) in [5, 5.41) is 0. The van der Waals surface area contributed by atoms with Crippen molar-refractivity contribution in [3.05, 3.63) is 11.2 Å². The summed E-state index contributed by atoms with van der Waals surface area (Å²) in [6.07, 6.45) is -0.133. The number of hydrogen-bond acceptors (Lipinski definition) is 7. The second-order valence-electron chi connectivity index (χ2n) is 3.09. The van der Waals surface area contributed by atoms with Crippen molar-refractivity contribution in [1.82, 2.24) is 9.71 Å². The summed E-state index contributed by atoms with van der Waals surface area (Å²) in [4.78, 5) is 25.4. The molecule has 1 aromatic heterocycles. The number of esters is 1. The van der Waals surface area contributed by atoms with Crippen LogP contribution in [0.25, 0.3) is 0 Å². The predicted molar refractivity (Wildman–Crippen MR) is 62.5 cm³/mol. The quantitative estimate of drug-likeness (QED) is 0.653. The van der Waals surface area contributed by atoms with Crippen molar-refractivity contribution < 1.29 is 22.7 Å².